The van der Waals surface area contributed by atoms with E-state index in [1.807, 2.05) is 36.4 Å². The lowest BCUT2D eigenvalue weighted by molar-refractivity contribution is 0.524. The second-order valence-electron chi connectivity index (χ2n) is 4.83. The van der Waals surface area contributed by atoms with Crippen LogP contribution in [-0.2, 0) is 0 Å². The van der Waals surface area contributed by atoms with Crippen molar-refractivity contribution in [1.82, 2.24) is 0 Å². The summed E-state index contributed by atoms with van der Waals surface area (Å²) in [5.41, 5.74) is 9.37. The molecule has 1 aromatic heterocycles. The molecule has 1 heterocycles. The molecule has 1 unspecified atom stereocenters. The standard InChI is InChI=1S/C16H13ClINO/c1-9-2-5-14-10(6-9)7-15(20-14)16(19)12-8-11(17)3-4-13(12)18/h2-8,16H,19H2,1H3. The molecule has 1 atom stereocenters. The summed E-state index contributed by atoms with van der Waals surface area (Å²) in [5, 5.41) is 1.76. The lowest BCUT2D eigenvalue weighted by Crippen LogP contribution is -2.12. The van der Waals surface area contributed by atoms with Crippen LogP contribution in [0.4, 0.5) is 0 Å². The molecular formula is C16H13ClINO. The number of hydrogen-bond donors (Lipinski definition) is 1. The third-order valence-corrected chi connectivity index (χ3v) is 4.51. The fourth-order valence-corrected chi connectivity index (χ4v) is 3.09. The second-order valence-corrected chi connectivity index (χ2v) is 6.43. The maximum atomic E-state index is 6.33. The fourth-order valence-electron chi connectivity index (χ4n) is 2.24. The number of hydrogen-bond acceptors (Lipinski definition) is 2. The molecule has 0 saturated carbocycles. The average Bonchev–Trinajstić information content (AvgIpc) is 2.83. The quantitative estimate of drug-likeness (QED) is 0.615. The van der Waals surface area contributed by atoms with E-state index in [1.54, 1.807) is 0 Å². The predicted molar refractivity (Wildman–Crippen MR) is 91.2 cm³/mol. The molecule has 2 N–H and O–H groups in total. The van der Waals surface area contributed by atoms with Crippen LogP contribution in [0.25, 0.3) is 11.0 Å². The smallest absolute Gasteiger partial charge is 0.134 e. The van der Waals surface area contributed by atoms with Gasteiger partial charge in [0.05, 0.1) is 6.04 Å². The van der Waals surface area contributed by atoms with E-state index in [1.165, 1.54) is 5.56 Å². The van der Waals surface area contributed by atoms with Gasteiger partial charge in [0.1, 0.15) is 11.3 Å². The van der Waals surface area contributed by atoms with Crippen LogP contribution in [0, 0.1) is 10.5 Å². The van der Waals surface area contributed by atoms with Gasteiger partial charge in [0.25, 0.3) is 0 Å². The summed E-state index contributed by atoms with van der Waals surface area (Å²) in [7, 11) is 0. The topological polar surface area (TPSA) is 39.2 Å². The minimum absolute atomic E-state index is 0.312. The highest BCUT2D eigenvalue weighted by Crippen LogP contribution is 2.30. The van der Waals surface area contributed by atoms with Crippen LogP contribution in [0.5, 0.6) is 0 Å². The normalized spacial score (nSPS) is 12.8. The molecule has 0 amide bonds. The van der Waals surface area contributed by atoms with Crippen LogP contribution in [0.3, 0.4) is 0 Å². The summed E-state index contributed by atoms with van der Waals surface area (Å²) in [6, 6.07) is 13.5. The summed E-state index contributed by atoms with van der Waals surface area (Å²) >= 11 is 8.32. The number of aryl methyl sites for hydroxylation is 1. The molecule has 0 spiro atoms. The predicted octanol–water partition coefficient (Wildman–Crippen LogP) is 5.05. The van der Waals surface area contributed by atoms with Gasteiger partial charge in [-0.3, -0.25) is 0 Å². The summed E-state index contributed by atoms with van der Waals surface area (Å²) in [6.45, 7) is 2.06. The number of halogens is 2. The summed E-state index contributed by atoms with van der Waals surface area (Å²) in [5.74, 6) is 0.755. The van der Waals surface area contributed by atoms with Crippen LogP contribution in [-0.4, -0.2) is 0 Å². The molecule has 3 rings (SSSR count). The first kappa shape index (κ1) is 13.9. The van der Waals surface area contributed by atoms with Crippen molar-refractivity contribution in [2.45, 2.75) is 13.0 Å². The Kier molecular flexibility index (Phi) is 3.75. The van der Waals surface area contributed by atoms with Crippen LogP contribution in [0.1, 0.15) is 22.9 Å². The van der Waals surface area contributed by atoms with Gasteiger partial charge in [0.15, 0.2) is 0 Å². The van der Waals surface area contributed by atoms with Crippen molar-refractivity contribution < 1.29 is 4.42 Å². The van der Waals surface area contributed by atoms with Gasteiger partial charge in [0, 0.05) is 14.0 Å². The molecule has 0 aliphatic carbocycles. The van der Waals surface area contributed by atoms with Gasteiger partial charge < -0.3 is 10.2 Å². The first-order valence-corrected chi connectivity index (χ1v) is 7.71. The Hall–Kier alpha value is -1.04. The molecule has 0 saturated heterocycles. The molecule has 2 nitrogen and oxygen atoms in total. The van der Waals surface area contributed by atoms with Crippen molar-refractivity contribution in [1.29, 1.82) is 0 Å². The van der Waals surface area contributed by atoms with E-state index in [0.717, 1.165) is 25.9 Å². The fraction of sp³-hybridized carbons (Fsp3) is 0.125. The van der Waals surface area contributed by atoms with Gasteiger partial charge >= 0.3 is 0 Å². The third-order valence-electron chi connectivity index (χ3n) is 3.29. The van der Waals surface area contributed by atoms with Crippen molar-refractivity contribution in [3.63, 3.8) is 0 Å². The minimum atomic E-state index is -0.312. The molecule has 0 aliphatic rings. The van der Waals surface area contributed by atoms with E-state index in [0.29, 0.717) is 5.02 Å². The zero-order chi connectivity index (χ0) is 14.3. The Balaban J connectivity index is 2.07. The van der Waals surface area contributed by atoms with E-state index >= 15 is 0 Å². The van der Waals surface area contributed by atoms with Crippen LogP contribution >= 0.6 is 34.2 Å². The number of furan rings is 1. The highest BCUT2D eigenvalue weighted by Gasteiger charge is 2.17. The maximum absolute atomic E-state index is 6.33. The largest absolute Gasteiger partial charge is 0.459 e. The van der Waals surface area contributed by atoms with Crippen LogP contribution in [0.2, 0.25) is 5.02 Å². The number of fused-ring (bicyclic) bond motifs is 1. The van der Waals surface area contributed by atoms with E-state index in [-0.39, 0.29) is 6.04 Å². The van der Waals surface area contributed by atoms with Crippen molar-refractivity contribution in [2.75, 3.05) is 0 Å². The van der Waals surface area contributed by atoms with Crippen LogP contribution in [0.15, 0.2) is 46.9 Å². The number of benzene rings is 2. The van der Waals surface area contributed by atoms with Gasteiger partial charge in [-0.25, -0.2) is 0 Å². The maximum Gasteiger partial charge on any atom is 0.134 e. The zero-order valence-electron chi connectivity index (χ0n) is 10.9. The van der Waals surface area contributed by atoms with E-state index in [9.17, 15) is 0 Å². The molecule has 0 bridgehead atoms. The van der Waals surface area contributed by atoms with Crippen molar-refractivity contribution >= 4 is 45.2 Å². The molecule has 102 valence electrons. The van der Waals surface area contributed by atoms with Crippen molar-refractivity contribution in [3.8, 4) is 0 Å². The Morgan fingerprint density at radius 3 is 2.75 bits per heavy atom. The first-order valence-electron chi connectivity index (χ1n) is 6.25. The van der Waals surface area contributed by atoms with Crippen LogP contribution < -0.4 is 5.73 Å². The molecule has 20 heavy (non-hydrogen) atoms. The molecule has 0 radical (unpaired) electrons. The SMILES string of the molecule is Cc1ccc2oc(C(N)c3cc(Cl)ccc3I)cc2c1. The summed E-state index contributed by atoms with van der Waals surface area (Å²) in [4.78, 5) is 0. The third kappa shape index (κ3) is 2.57. The molecule has 4 heteroatoms. The second kappa shape index (κ2) is 5.39. The Labute approximate surface area is 136 Å². The minimum Gasteiger partial charge on any atom is -0.459 e. The number of nitrogens with two attached hydrogens (primary N) is 1. The van der Waals surface area contributed by atoms with E-state index in [4.69, 9.17) is 21.8 Å². The Morgan fingerprint density at radius 1 is 1.15 bits per heavy atom. The molecular weight excluding hydrogens is 385 g/mol. The first-order chi connectivity index (χ1) is 9.54. The van der Waals surface area contributed by atoms with Gasteiger partial charge in [0.2, 0.25) is 0 Å². The lowest BCUT2D eigenvalue weighted by atomic mass is 10.1. The highest BCUT2D eigenvalue weighted by molar-refractivity contribution is 14.1. The van der Waals surface area contributed by atoms with Gasteiger partial charge in [-0.2, -0.15) is 0 Å². The van der Waals surface area contributed by atoms with E-state index in [2.05, 4.69) is 35.6 Å². The van der Waals surface area contributed by atoms with Crippen molar-refractivity contribution in [3.05, 3.63) is 67.9 Å². The van der Waals surface area contributed by atoms with Gasteiger partial charge in [-0.05, 0) is 71.5 Å². The monoisotopic (exact) mass is 397 g/mol. The highest BCUT2D eigenvalue weighted by atomic mass is 127. The molecule has 3 aromatic rings. The van der Waals surface area contributed by atoms with E-state index < -0.39 is 0 Å². The molecule has 0 aliphatic heterocycles. The lowest BCUT2D eigenvalue weighted by Gasteiger charge is -2.11. The average molecular weight is 398 g/mol. The molecule has 0 fully saturated rings. The van der Waals surface area contributed by atoms with Gasteiger partial charge in [-0.15, -0.1) is 0 Å². The summed E-state index contributed by atoms with van der Waals surface area (Å²) in [6.07, 6.45) is 0. The Morgan fingerprint density at radius 2 is 1.95 bits per heavy atom. The van der Waals surface area contributed by atoms with Gasteiger partial charge in [-0.1, -0.05) is 23.2 Å². The summed E-state index contributed by atoms with van der Waals surface area (Å²) < 4.78 is 6.94. The zero-order valence-corrected chi connectivity index (χ0v) is 13.8. The molecule has 2 aromatic carbocycles. The Bertz CT molecular complexity index is 781. The number of rotatable bonds is 2. The van der Waals surface area contributed by atoms with Crippen molar-refractivity contribution in [2.24, 2.45) is 5.73 Å².